The number of rotatable bonds is 7. The molecule has 0 aliphatic heterocycles. The van der Waals surface area contributed by atoms with Crippen molar-refractivity contribution < 1.29 is 8.42 Å². The molecular weight excluding hydrogens is 222 g/mol. The quantitative estimate of drug-likeness (QED) is 0.749. The van der Waals surface area contributed by atoms with Crippen LogP contribution in [0.3, 0.4) is 0 Å². The van der Waals surface area contributed by atoms with Crippen molar-refractivity contribution in [3.63, 3.8) is 0 Å². The van der Waals surface area contributed by atoms with Crippen molar-refractivity contribution in [3.8, 4) is 0 Å². The van der Waals surface area contributed by atoms with Crippen LogP contribution in [0.25, 0.3) is 0 Å². The Hall–Kier alpha value is -0.0900. The minimum atomic E-state index is -2.83. The Kier molecular flexibility index (Phi) is 5.76. The van der Waals surface area contributed by atoms with E-state index in [0.717, 1.165) is 38.5 Å². The summed E-state index contributed by atoms with van der Waals surface area (Å²) in [5, 5.41) is 3.24. The van der Waals surface area contributed by atoms with Gasteiger partial charge in [0, 0.05) is 12.6 Å². The minimum Gasteiger partial charge on any atom is -0.313 e. The van der Waals surface area contributed by atoms with Gasteiger partial charge in [0.25, 0.3) is 0 Å². The van der Waals surface area contributed by atoms with Crippen LogP contribution in [0.2, 0.25) is 0 Å². The van der Waals surface area contributed by atoms with E-state index in [-0.39, 0.29) is 5.25 Å². The number of nitrogens with one attached hydrogen (secondary N) is 1. The van der Waals surface area contributed by atoms with E-state index >= 15 is 0 Å². The van der Waals surface area contributed by atoms with Crippen LogP contribution in [0.5, 0.6) is 0 Å². The highest BCUT2D eigenvalue weighted by atomic mass is 32.2. The maximum absolute atomic E-state index is 11.9. The fourth-order valence-electron chi connectivity index (χ4n) is 2.40. The van der Waals surface area contributed by atoms with E-state index in [0.29, 0.717) is 18.3 Å². The Morgan fingerprint density at radius 2 is 1.94 bits per heavy atom. The third-order valence-corrected chi connectivity index (χ3v) is 5.67. The fourth-order valence-corrected chi connectivity index (χ4v) is 4.18. The molecule has 4 heteroatoms. The molecule has 1 rings (SSSR count). The van der Waals surface area contributed by atoms with Crippen molar-refractivity contribution in [1.29, 1.82) is 0 Å². The standard InChI is InChI=1S/C12H25NO2S/c1-3-6-11(2)13-9-10-16(14,15)12-7-4-5-8-12/h11-13H,3-10H2,1-2H3. The first-order chi connectivity index (χ1) is 7.56. The van der Waals surface area contributed by atoms with Gasteiger partial charge in [-0.1, -0.05) is 26.2 Å². The molecule has 0 bridgehead atoms. The Morgan fingerprint density at radius 3 is 2.50 bits per heavy atom. The first-order valence-corrected chi connectivity index (χ1v) is 8.22. The van der Waals surface area contributed by atoms with Gasteiger partial charge in [0.15, 0.2) is 9.84 Å². The summed E-state index contributed by atoms with van der Waals surface area (Å²) in [5.41, 5.74) is 0. The average molecular weight is 247 g/mol. The molecule has 96 valence electrons. The van der Waals surface area contributed by atoms with Crippen LogP contribution in [-0.2, 0) is 9.84 Å². The van der Waals surface area contributed by atoms with Gasteiger partial charge in [0.2, 0.25) is 0 Å². The van der Waals surface area contributed by atoms with Gasteiger partial charge in [0.1, 0.15) is 0 Å². The lowest BCUT2D eigenvalue weighted by Gasteiger charge is -2.14. The van der Waals surface area contributed by atoms with Gasteiger partial charge in [-0.15, -0.1) is 0 Å². The molecule has 0 aromatic carbocycles. The Bertz CT molecular complexity index is 281. The molecule has 1 saturated carbocycles. The zero-order valence-corrected chi connectivity index (χ0v) is 11.4. The van der Waals surface area contributed by atoms with Crippen molar-refractivity contribution in [2.75, 3.05) is 12.3 Å². The molecule has 1 aliphatic carbocycles. The minimum absolute atomic E-state index is 0.0456. The molecule has 1 fully saturated rings. The normalized spacial score (nSPS) is 20.1. The summed E-state index contributed by atoms with van der Waals surface area (Å²) in [6.45, 7) is 4.87. The predicted octanol–water partition coefficient (Wildman–Crippen LogP) is 2.12. The molecule has 1 unspecified atom stereocenters. The van der Waals surface area contributed by atoms with E-state index in [1.54, 1.807) is 0 Å². The highest BCUT2D eigenvalue weighted by molar-refractivity contribution is 7.92. The molecule has 1 N–H and O–H groups in total. The highest BCUT2D eigenvalue weighted by Crippen LogP contribution is 2.24. The SMILES string of the molecule is CCCC(C)NCCS(=O)(=O)C1CCCC1. The predicted molar refractivity (Wildman–Crippen MR) is 68.4 cm³/mol. The van der Waals surface area contributed by atoms with E-state index in [4.69, 9.17) is 0 Å². The maximum Gasteiger partial charge on any atom is 0.154 e. The zero-order valence-electron chi connectivity index (χ0n) is 10.5. The van der Waals surface area contributed by atoms with Gasteiger partial charge in [-0.3, -0.25) is 0 Å². The van der Waals surface area contributed by atoms with Crippen LogP contribution < -0.4 is 5.32 Å². The van der Waals surface area contributed by atoms with Crippen molar-refractivity contribution in [2.24, 2.45) is 0 Å². The summed E-state index contributed by atoms with van der Waals surface area (Å²) in [6.07, 6.45) is 6.19. The lowest BCUT2D eigenvalue weighted by Crippen LogP contribution is -2.33. The molecule has 0 aromatic rings. The van der Waals surface area contributed by atoms with Crippen molar-refractivity contribution in [3.05, 3.63) is 0 Å². The van der Waals surface area contributed by atoms with Crippen LogP contribution in [0.15, 0.2) is 0 Å². The summed E-state index contributed by atoms with van der Waals surface area (Å²) in [7, 11) is -2.83. The second-order valence-electron chi connectivity index (χ2n) is 4.92. The second-order valence-corrected chi connectivity index (χ2v) is 7.32. The molecule has 0 heterocycles. The number of hydrogen-bond acceptors (Lipinski definition) is 3. The maximum atomic E-state index is 11.9. The second kappa shape index (κ2) is 6.60. The van der Waals surface area contributed by atoms with Crippen molar-refractivity contribution >= 4 is 9.84 Å². The third kappa shape index (κ3) is 4.42. The summed E-state index contributed by atoms with van der Waals surface area (Å²) in [6, 6.07) is 0.434. The fraction of sp³-hybridized carbons (Fsp3) is 1.00. The Labute approximate surface area is 99.9 Å². The van der Waals surface area contributed by atoms with E-state index < -0.39 is 9.84 Å². The largest absolute Gasteiger partial charge is 0.313 e. The average Bonchev–Trinajstić information content (AvgIpc) is 2.71. The highest BCUT2D eigenvalue weighted by Gasteiger charge is 2.27. The lowest BCUT2D eigenvalue weighted by molar-refractivity contribution is 0.518. The molecular formula is C12H25NO2S. The summed E-state index contributed by atoms with van der Waals surface area (Å²) >= 11 is 0. The first-order valence-electron chi connectivity index (χ1n) is 6.51. The van der Waals surface area contributed by atoms with Gasteiger partial charge in [0.05, 0.1) is 11.0 Å². The number of sulfone groups is 1. The smallest absolute Gasteiger partial charge is 0.154 e. The molecule has 16 heavy (non-hydrogen) atoms. The van der Waals surface area contributed by atoms with Crippen LogP contribution in [0, 0.1) is 0 Å². The molecule has 0 spiro atoms. The van der Waals surface area contributed by atoms with Gasteiger partial charge in [-0.05, 0) is 26.2 Å². The van der Waals surface area contributed by atoms with Crippen LogP contribution >= 0.6 is 0 Å². The molecule has 0 radical (unpaired) electrons. The molecule has 1 atom stereocenters. The molecule has 1 aliphatic rings. The van der Waals surface area contributed by atoms with Gasteiger partial charge in [-0.2, -0.15) is 0 Å². The Balaban J connectivity index is 2.25. The first kappa shape index (κ1) is 14.0. The van der Waals surface area contributed by atoms with Gasteiger partial charge in [-0.25, -0.2) is 8.42 Å². The van der Waals surface area contributed by atoms with Gasteiger partial charge >= 0.3 is 0 Å². The van der Waals surface area contributed by atoms with E-state index in [1.807, 2.05) is 0 Å². The van der Waals surface area contributed by atoms with Crippen molar-refractivity contribution in [2.45, 2.75) is 63.7 Å². The van der Waals surface area contributed by atoms with Crippen molar-refractivity contribution in [1.82, 2.24) is 5.32 Å². The van der Waals surface area contributed by atoms with Crippen LogP contribution in [0.1, 0.15) is 52.4 Å². The molecule has 0 amide bonds. The summed E-state index contributed by atoms with van der Waals surface area (Å²) in [4.78, 5) is 0. The van der Waals surface area contributed by atoms with E-state index in [1.165, 1.54) is 0 Å². The number of hydrogen-bond donors (Lipinski definition) is 1. The zero-order chi connectivity index (χ0) is 12.0. The summed E-state index contributed by atoms with van der Waals surface area (Å²) in [5.74, 6) is 0.311. The van der Waals surface area contributed by atoms with Crippen LogP contribution in [0.4, 0.5) is 0 Å². The molecule has 0 saturated heterocycles. The van der Waals surface area contributed by atoms with Crippen LogP contribution in [-0.4, -0.2) is 32.0 Å². The van der Waals surface area contributed by atoms with E-state index in [2.05, 4.69) is 19.2 Å². The summed E-state index contributed by atoms with van der Waals surface area (Å²) < 4.78 is 23.9. The lowest BCUT2D eigenvalue weighted by atomic mass is 10.2. The van der Waals surface area contributed by atoms with Gasteiger partial charge < -0.3 is 5.32 Å². The molecule has 0 aromatic heterocycles. The topological polar surface area (TPSA) is 46.2 Å². The third-order valence-electron chi connectivity index (χ3n) is 3.41. The van der Waals surface area contributed by atoms with E-state index in [9.17, 15) is 8.42 Å². The monoisotopic (exact) mass is 247 g/mol. The molecule has 3 nitrogen and oxygen atoms in total. The Morgan fingerprint density at radius 1 is 1.31 bits per heavy atom.